The van der Waals surface area contributed by atoms with Crippen molar-refractivity contribution in [2.45, 2.75) is 51.5 Å². The van der Waals surface area contributed by atoms with Crippen LogP contribution in [0.3, 0.4) is 0 Å². The minimum absolute atomic E-state index is 0.0288. The number of fused-ring (bicyclic) bond motifs is 1. The number of aromatic nitrogens is 2. The SMILES string of the molecule is CCCN(CCCCNC(=O)c1ccc(-c2cccnn2)cc1)C1CCc2c(cccc2OC)C1. The van der Waals surface area contributed by atoms with E-state index in [1.807, 2.05) is 36.4 Å². The predicted molar refractivity (Wildman–Crippen MR) is 140 cm³/mol. The molecular weight excluding hydrogens is 436 g/mol. The van der Waals surface area contributed by atoms with Crippen molar-refractivity contribution in [2.24, 2.45) is 0 Å². The van der Waals surface area contributed by atoms with Gasteiger partial charge in [0.2, 0.25) is 0 Å². The molecule has 0 spiro atoms. The lowest BCUT2D eigenvalue weighted by Crippen LogP contribution is -2.40. The van der Waals surface area contributed by atoms with Crippen LogP contribution in [0.15, 0.2) is 60.8 Å². The fourth-order valence-corrected chi connectivity index (χ4v) is 5.01. The molecule has 6 nitrogen and oxygen atoms in total. The summed E-state index contributed by atoms with van der Waals surface area (Å²) in [5.74, 6) is 1.00. The van der Waals surface area contributed by atoms with Gasteiger partial charge in [0.25, 0.3) is 5.91 Å². The van der Waals surface area contributed by atoms with Crippen LogP contribution in [0.5, 0.6) is 5.75 Å². The van der Waals surface area contributed by atoms with Gasteiger partial charge in [0.15, 0.2) is 0 Å². The molecular formula is C29H36N4O2. The molecule has 0 bridgehead atoms. The lowest BCUT2D eigenvalue weighted by atomic mass is 9.86. The standard InChI is InChI=1S/C29H36N4O2/c1-3-19-33(25-15-16-26-24(21-25)8-6-10-28(26)35-2)20-5-4-17-30-29(34)23-13-11-22(12-14-23)27-9-7-18-31-32-27/h6-14,18,25H,3-5,15-17,19-21H2,1-2H3,(H,30,34). The van der Waals surface area contributed by atoms with Crippen molar-refractivity contribution in [3.05, 3.63) is 77.5 Å². The summed E-state index contributed by atoms with van der Waals surface area (Å²) in [6.45, 7) is 5.13. The Morgan fingerprint density at radius 2 is 1.94 bits per heavy atom. The van der Waals surface area contributed by atoms with Crippen LogP contribution < -0.4 is 10.1 Å². The van der Waals surface area contributed by atoms with E-state index in [4.69, 9.17) is 4.74 Å². The summed E-state index contributed by atoms with van der Waals surface area (Å²) in [4.78, 5) is 15.2. The number of hydrogen-bond acceptors (Lipinski definition) is 5. The first-order chi connectivity index (χ1) is 17.2. The Labute approximate surface area is 208 Å². The van der Waals surface area contributed by atoms with Crippen LogP contribution in [-0.2, 0) is 12.8 Å². The average molecular weight is 473 g/mol. The van der Waals surface area contributed by atoms with Gasteiger partial charge in [0.05, 0.1) is 12.8 Å². The molecule has 1 aromatic heterocycles. The van der Waals surface area contributed by atoms with Crippen molar-refractivity contribution in [2.75, 3.05) is 26.7 Å². The van der Waals surface area contributed by atoms with Crippen molar-refractivity contribution < 1.29 is 9.53 Å². The summed E-state index contributed by atoms with van der Waals surface area (Å²) in [5, 5.41) is 11.1. The molecule has 0 saturated heterocycles. The van der Waals surface area contributed by atoms with Crippen LogP contribution in [0.2, 0.25) is 0 Å². The Balaban J connectivity index is 1.22. The lowest BCUT2D eigenvalue weighted by Gasteiger charge is -2.35. The number of rotatable bonds is 11. The number of carbonyl (C=O) groups excluding carboxylic acids is 1. The first-order valence-corrected chi connectivity index (χ1v) is 12.7. The van der Waals surface area contributed by atoms with Gasteiger partial charge in [0, 0.05) is 29.9 Å². The number of unbranched alkanes of at least 4 members (excludes halogenated alkanes) is 1. The highest BCUT2D eigenvalue weighted by atomic mass is 16.5. The van der Waals surface area contributed by atoms with E-state index in [0.717, 1.165) is 62.2 Å². The first kappa shape index (κ1) is 24.9. The summed E-state index contributed by atoms with van der Waals surface area (Å²) in [7, 11) is 1.76. The Morgan fingerprint density at radius 1 is 1.09 bits per heavy atom. The Hall–Kier alpha value is -3.25. The molecule has 1 aliphatic carbocycles. The summed E-state index contributed by atoms with van der Waals surface area (Å²) in [5.41, 5.74) is 5.24. The monoisotopic (exact) mass is 472 g/mol. The van der Waals surface area contributed by atoms with Crippen LogP contribution in [0.4, 0.5) is 0 Å². The third-order valence-corrected chi connectivity index (χ3v) is 6.83. The third-order valence-electron chi connectivity index (χ3n) is 6.83. The largest absolute Gasteiger partial charge is 0.496 e. The molecule has 1 aliphatic rings. The topological polar surface area (TPSA) is 67.4 Å². The number of methoxy groups -OCH3 is 1. The zero-order valence-electron chi connectivity index (χ0n) is 20.9. The predicted octanol–water partition coefficient (Wildman–Crippen LogP) is 4.93. The van der Waals surface area contributed by atoms with Crippen molar-refractivity contribution in [3.8, 4) is 17.0 Å². The highest BCUT2D eigenvalue weighted by molar-refractivity contribution is 5.94. The van der Waals surface area contributed by atoms with E-state index in [-0.39, 0.29) is 5.91 Å². The van der Waals surface area contributed by atoms with Crippen molar-refractivity contribution in [3.63, 3.8) is 0 Å². The number of nitrogens with one attached hydrogen (secondary N) is 1. The summed E-state index contributed by atoms with van der Waals surface area (Å²) in [6, 6.07) is 18.3. The molecule has 0 aliphatic heterocycles. The van der Waals surface area contributed by atoms with Gasteiger partial charge >= 0.3 is 0 Å². The van der Waals surface area contributed by atoms with E-state index in [0.29, 0.717) is 18.2 Å². The van der Waals surface area contributed by atoms with Crippen LogP contribution >= 0.6 is 0 Å². The van der Waals surface area contributed by atoms with Gasteiger partial charge in [-0.3, -0.25) is 4.79 Å². The number of hydrogen-bond donors (Lipinski definition) is 1. The molecule has 2 aromatic carbocycles. The molecule has 0 saturated carbocycles. The average Bonchev–Trinajstić information content (AvgIpc) is 2.92. The number of benzene rings is 2. The van der Waals surface area contributed by atoms with Gasteiger partial charge < -0.3 is 15.0 Å². The van der Waals surface area contributed by atoms with Gasteiger partial charge in [0.1, 0.15) is 5.75 Å². The highest BCUT2D eigenvalue weighted by Gasteiger charge is 2.25. The molecule has 1 heterocycles. The van der Waals surface area contributed by atoms with Gasteiger partial charge in [-0.2, -0.15) is 10.2 Å². The molecule has 35 heavy (non-hydrogen) atoms. The number of nitrogens with zero attached hydrogens (tertiary/aromatic N) is 3. The van der Waals surface area contributed by atoms with Crippen LogP contribution in [0.1, 0.15) is 54.1 Å². The fourth-order valence-electron chi connectivity index (χ4n) is 5.01. The zero-order chi connectivity index (χ0) is 24.5. The Morgan fingerprint density at radius 3 is 2.69 bits per heavy atom. The van der Waals surface area contributed by atoms with Crippen molar-refractivity contribution in [1.82, 2.24) is 20.4 Å². The minimum atomic E-state index is -0.0288. The van der Waals surface area contributed by atoms with Crippen LogP contribution in [-0.4, -0.2) is 53.8 Å². The maximum atomic E-state index is 12.5. The first-order valence-electron chi connectivity index (χ1n) is 12.7. The van der Waals surface area contributed by atoms with E-state index in [9.17, 15) is 4.79 Å². The molecule has 1 amide bonds. The van der Waals surface area contributed by atoms with E-state index in [2.05, 4.69) is 45.5 Å². The molecule has 3 aromatic rings. The molecule has 1 unspecified atom stereocenters. The van der Waals surface area contributed by atoms with Crippen molar-refractivity contribution >= 4 is 5.91 Å². The van der Waals surface area contributed by atoms with Gasteiger partial charge in [-0.05, 0) is 93.1 Å². The maximum Gasteiger partial charge on any atom is 0.251 e. The minimum Gasteiger partial charge on any atom is -0.496 e. The molecule has 0 radical (unpaired) electrons. The fraction of sp³-hybridized carbons (Fsp3) is 0.414. The maximum absolute atomic E-state index is 12.5. The Kier molecular flexibility index (Phi) is 8.85. The van der Waals surface area contributed by atoms with Crippen molar-refractivity contribution in [1.29, 1.82) is 0 Å². The van der Waals surface area contributed by atoms with E-state index in [1.165, 1.54) is 17.5 Å². The molecule has 1 N–H and O–H groups in total. The summed E-state index contributed by atoms with van der Waals surface area (Å²) >= 11 is 0. The van der Waals surface area contributed by atoms with Gasteiger partial charge in [-0.25, -0.2) is 0 Å². The van der Waals surface area contributed by atoms with Crippen LogP contribution in [0, 0.1) is 0 Å². The highest BCUT2D eigenvalue weighted by Crippen LogP contribution is 2.31. The van der Waals surface area contributed by atoms with E-state index in [1.54, 1.807) is 13.3 Å². The van der Waals surface area contributed by atoms with Gasteiger partial charge in [-0.1, -0.05) is 31.2 Å². The summed E-state index contributed by atoms with van der Waals surface area (Å²) < 4.78 is 5.57. The second-order valence-electron chi connectivity index (χ2n) is 9.18. The van der Waals surface area contributed by atoms with E-state index < -0.39 is 0 Å². The lowest BCUT2D eigenvalue weighted by molar-refractivity contribution is 0.0952. The number of ether oxygens (including phenoxy) is 1. The second kappa shape index (κ2) is 12.5. The third kappa shape index (κ3) is 6.45. The smallest absolute Gasteiger partial charge is 0.251 e. The normalized spacial score (nSPS) is 15.0. The second-order valence-corrected chi connectivity index (χ2v) is 9.18. The van der Waals surface area contributed by atoms with Crippen LogP contribution in [0.25, 0.3) is 11.3 Å². The summed E-state index contributed by atoms with van der Waals surface area (Å²) in [6.07, 6.45) is 8.20. The zero-order valence-corrected chi connectivity index (χ0v) is 20.9. The molecule has 6 heteroatoms. The Bertz CT molecular complexity index is 1090. The molecule has 184 valence electrons. The van der Waals surface area contributed by atoms with Gasteiger partial charge in [-0.15, -0.1) is 0 Å². The number of carbonyl (C=O) groups is 1. The van der Waals surface area contributed by atoms with E-state index >= 15 is 0 Å². The molecule has 4 rings (SSSR count). The number of amides is 1. The molecule has 0 fully saturated rings. The quantitative estimate of drug-likeness (QED) is 0.401. The molecule has 1 atom stereocenters.